The molecule has 2 heterocycles. The Bertz CT molecular complexity index is 1320. The Morgan fingerprint density at radius 3 is 2.82 bits per heavy atom. The molecule has 6 nitrogen and oxygen atoms in total. The molecule has 0 amide bonds. The second-order valence-corrected chi connectivity index (χ2v) is 8.06. The van der Waals surface area contributed by atoms with Crippen molar-refractivity contribution in [3.05, 3.63) is 95.6 Å². The number of hydrogen-bond donors (Lipinski definition) is 1. The molecule has 3 aromatic carbocycles. The predicted octanol–water partition coefficient (Wildman–Crippen LogP) is 5.10. The molecule has 0 bridgehead atoms. The number of esters is 1. The molecule has 166 valence electrons. The van der Waals surface area contributed by atoms with Gasteiger partial charge in [-0.15, -0.1) is 0 Å². The topological polar surface area (TPSA) is 77.9 Å². The molecular formula is C27H23NO5. The quantitative estimate of drug-likeness (QED) is 0.434. The zero-order valence-electron chi connectivity index (χ0n) is 18.1. The molecule has 1 aliphatic rings. The van der Waals surface area contributed by atoms with Gasteiger partial charge in [-0.05, 0) is 54.4 Å². The van der Waals surface area contributed by atoms with Gasteiger partial charge < -0.3 is 19.3 Å². The number of methoxy groups -OCH3 is 1. The van der Waals surface area contributed by atoms with Gasteiger partial charge in [0.05, 0.1) is 30.9 Å². The number of carbonyl (C=O) groups is 1. The number of fused-ring (bicyclic) bond motifs is 2. The smallest absolute Gasteiger partial charge is 0.337 e. The van der Waals surface area contributed by atoms with Crippen molar-refractivity contribution in [2.45, 2.75) is 12.5 Å². The highest BCUT2D eigenvalue weighted by Crippen LogP contribution is 2.39. The number of pyridine rings is 1. The van der Waals surface area contributed by atoms with Crippen LogP contribution in [0.4, 0.5) is 0 Å². The first kappa shape index (κ1) is 21.0. The number of aliphatic hydroxyl groups is 1. The number of carbonyl (C=O) groups excluding carboxylic acids is 1. The molecule has 1 N–H and O–H groups in total. The van der Waals surface area contributed by atoms with Gasteiger partial charge in [-0.1, -0.05) is 30.3 Å². The van der Waals surface area contributed by atoms with Crippen molar-refractivity contribution in [1.82, 2.24) is 4.98 Å². The van der Waals surface area contributed by atoms with E-state index in [1.54, 1.807) is 18.2 Å². The number of ether oxygens (including phenoxy) is 3. The van der Waals surface area contributed by atoms with Crippen molar-refractivity contribution in [2.24, 2.45) is 5.92 Å². The van der Waals surface area contributed by atoms with Crippen LogP contribution in [0, 0.1) is 5.92 Å². The number of benzene rings is 3. The van der Waals surface area contributed by atoms with E-state index in [-0.39, 0.29) is 11.9 Å². The third-order valence-electron chi connectivity index (χ3n) is 5.84. The summed E-state index contributed by atoms with van der Waals surface area (Å²) >= 11 is 0. The van der Waals surface area contributed by atoms with Gasteiger partial charge in [0.25, 0.3) is 0 Å². The molecule has 0 radical (unpaired) electrons. The van der Waals surface area contributed by atoms with Crippen LogP contribution in [0.15, 0.2) is 78.9 Å². The maximum Gasteiger partial charge on any atom is 0.337 e. The van der Waals surface area contributed by atoms with Gasteiger partial charge >= 0.3 is 5.97 Å². The first-order valence-electron chi connectivity index (χ1n) is 10.8. The summed E-state index contributed by atoms with van der Waals surface area (Å²) in [7, 11) is 1.36. The summed E-state index contributed by atoms with van der Waals surface area (Å²) in [4.78, 5) is 16.4. The van der Waals surface area contributed by atoms with Crippen LogP contribution in [0.25, 0.3) is 10.9 Å². The lowest BCUT2D eigenvalue weighted by Crippen LogP contribution is -2.27. The lowest BCUT2D eigenvalue weighted by Gasteiger charge is -2.30. The minimum absolute atomic E-state index is 0.167. The van der Waals surface area contributed by atoms with E-state index in [2.05, 4.69) is 4.98 Å². The van der Waals surface area contributed by atoms with Crippen LogP contribution in [-0.4, -0.2) is 29.8 Å². The van der Waals surface area contributed by atoms with E-state index in [4.69, 9.17) is 14.2 Å². The van der Waals surface area contributed by atoms with Crippen LogP contribution in [0.1, 0.15) is 27.6 Å². The summed E-state index contributed by atoms with van der Waals surface area (Å²) < 4.78 is 16.7. The minimum atomic E-state index is -0.733. The Labute approximate surface area is 191 Å². The molecule has 0 aliphatic carbocycles. The average molecular weight is 441 g/mol. The first-order valence-corrected chi connectivity index (χ1v) is 10.8. The third-order valence-corrected chi connectivity index (χ3v) is 5.84. The molecule has 0 fully saturated rings. The molecule has 1 aliphatic heterocycles. The van der Waals surface area contributed by atoms with E-state index in [1.807, 2.05) is 60.7 Å². The molecule has 6 heteroatoms. The van der Waals surface area contributed by atoms with Gasteiger partial charge in [0.2, 0.25) is 5.88 Å². The lowest BCUT2D eigenvalue weighted by molar-refractivity contribution is 0.0505. The van der Waals surface area contributed by atoms with Crippen LogP contribution in [0.5, 0.6) is 17.4 Å². The van der Waals surface area contributed by atoms with Crippen molar-refractivity contribution in [3.8, 4) is 17.4 Å². The Hall–Kier alpha value is -3.90. The molecule has 4 aromatic rings. The number of aliphatic hydroxyl groups excluding tert-OH is 1. The Morgan fingerprint density at radius 2 is 1.94 bits per heavy atom. The number of aromatic nitrogens is 1. The fraction of sp³-hybridized carbons (Fsp3) is 0.185. The van der Waals surface area contributed by atoms with Gasteiger partial charge in [0.15, 0.2) is 0 Å². The number of rotatable bonds is 5. The van der Waals surface area contributed by atoms with E-state index >= 15 is 0 Å². The van der Waals surface area contributed by atoms with E-state index in [9.17, 15) is 9.90 Å². The summed E-state index contributed by atoms with van der Waals surface area (Å²) in [6.45, 7) is 0.378. The van der Waals surface area contributed by atoms with Gasteiger partial charge in [-0.2, -0.15) is 0 Å². The second-order valence-electron chi connectivity index (χ2n) is 8.06. The van der Waals surface area contributed by atoms with E-state index < -0.39 is 6.10 Å². The minimum Gasteiger partial charge on any atom is -0.493 e. The fourth-order valence-corrected chi connectivity index (χ4v) is 4.14. The van der Waals surface area contributed by atoms with E-state index in [1.165, 1.54) is 7.11 Å². The zero-order chi connectivity index (χ0) is 22.8. The number of nitrogens with zero attached hydrogens (tertiary/aromatic N) is 1. The molecule has 5 rings (SSSR count). The summed E-state index contributed by atoms with van der Waals surface area (Å²) in [5.74, 6) is 1.15. The molecular weight excluding hydrogens is 418 g/mol. The highest BCUT2D eigenvalue weighted by molar-refractivity contribution is 5.89. The molecule has 2 atom stereocenters. The fourth-order valence-electron chi connectivity index (χ4n) is 4.14. The van der Waals surface area contributed by atoms with Crippen LogP contribution in [0.2, 0.25) is 0 Å². The first-order chi connectivity index (χ1) is 16.1. The molecule has 0 saturated heterocycles. The highest BCUT2D eigenvalue weighted by Gasteiger charge is 2.30. The van der Waals surface area contributed by atoms with Crippen molar-refractivity contribution < 1.29 is 24.1 Å². The van der Waals surface area contributed by atoms with Crippen LogP contribution >= 0.6 is 0 Å². The van der Waals surface area contributed by atoms with E-state index in [0.717, 1.165) is 16.5 Å². The van der Waals surface area contributed by atoms with E-state index in [0.29, 0.717) is 41.5 Å². The molecule has 1 aromatic heterocycles. The molecule has 33 heavy (non-hydrogen) atoms. The second kappa shape index (κ2) is 8.92. The van der Waals surface area contributed by atoms with Gasteiger partial charge in [0.1, 0.15) is 11.5 Å². The van der Waals surface area contributed by atoms with Crippen LogP contribution < -0.4 is 9.47 Å². The van der Waals surface area contributed by atoms with Crippen molar-refractivity contribution in [1.29, 1.82) is 0 Å². The summed E-state index contributed by atoms with van der Waals surface area (Å²) in [5, 5.41) is 12.1. The maximum atomic E-state index is 11.8. The van der Waals surface area contributed by atoms with Crippen molar-refractivity contribution in [2.75, 3.05) is 13.7 Å². The Kier molecular flexibility index (Phi) is 5.67. The average Bonchev–Trinajstić information content (AvgIpc) is 2.85. The standard InChI is InChI=1S/C27H23NO5/c1-31-27(30)19-7-4-5-17(13-19)14-20-16-32-24-11-10-21(15-22(24)26(20)29)33-25-12-9-18-6-2-3-8-23(18)28-25/h2-13,15,20,26,29H,14,16H2,1H3/t20-,26-/m1/s1. The summed E-state index contributed by atoms with van der Waals surface area (Å²) in [5.41, 5.74) is 2.95. The lowest BCUT2D eigenvalue weighted by atomic mass is 9.88. The van der Waals surface area contributed by atoms with Crippen molar-refractivity contribution >= 4 is 16.9 Å². The number of para-hydroxylation sites is 1. The van der Waals surface area contributed by atoms with Gasteiger partial charge in [-0.25, -0.2) is 9.78 Å². The highest BCUT2D eigenvalue weighted by atomic mass is 16.5. The summed E-state index contributed by atoms with van der Waals surface area (Å²) in [6.07, 6.45) is -0.174. The van der Waals surface area contributed by atoms with Crippen LogP contribution in [0.3, 0.4) is 0 Å². The largest absolute Gasteiger partial charge is 0.493 e. The molecule has 0 saturated carbocycles. The normalized spacial score (nSPS) is 17.2. The monoisotopic (exact) mass is 441 g/mol. The van der Waals surface area contributed by atoms with Crippen molar-refractivity contribution in [3.63, 3.8) is 0 Å². The maximum absolute atomic E-state index is 11.8. The zero-order valence-corrected chi connectivity index (χ0v) is 18.1. The Morgan fingerprint density at radius 1 is 1.06 bits per heavy atom. The molecule has 0 spiro atoms. The third kappa shape index (κ3) is 4.38. The Balaban J connectivity index is 1.35. The number of hydrogen-bond acceptors (Lipinski definition) is 6. The SMILES string of the molecule is COC(=O)c1cccc(C[C@@H]2COc3ccc(Oc4ccc5ccccc5n4)cc3[C@@H]2O)c1. The van der Waals surface area contributed by atoms with Gasteiger partial charge in [0, 0.05) is 22.9 Å². The van der Waals surface area contributed by atoms with Gasteiger partial charge in [-0.3, -0.25) is 0 Å². The summed E-state index contributed by atoms with van der Waals surface area (Å²) in [6, 6.07) is 24.3. The predicted molar refractivity (Wildman–Crippen MR) is 124 cm³/mol. The molecule has 0 unspecified atom stereocenters. The van der Waals surface area contributed by atoms with Crippen LogP contribution in [-0.2, 0) is 11.2 Å².